The van der Waals surface area contributed by atoms with E-state index in [9.17, 15) is 4.79 Å². The lowest BCUT2D eigenvalue weighted by molar-refractivity contribution is -0.127. The highest BCUT2D eigenvalue weighted by Crippen LogP contribution is 2.33. The van der Waals surface area contributed by atoms with Crippen LogP contribution in [0.4, 0.5) is 5.69 Å². The maximum absolute atomic E-state index is 13.5. The van der Waals surface area contributed by atoms with Gasteiger partial charge < -0.3 is 25.8 Å². The molecule has 0 spiro atoms. The molecule has 1 aromatic carbocycles. The number of amidine groups is 1. The van der Waals surface area contributed by atoms with Gasteiger partial charge in [-0.25, -0.2) is 4.99 Å². The smallest absolute Gasteiger partial charge is 0.250 e. The van der Waals surface area contributed by atoms with Crippen LogP contribution in [-0.2, 0) is 17.9 Å². The molecular weight excluding hydrogens is 400 g/mol. The minimum Gasteiger partial charge on any atom is -0.496 e. The summed E-state index contributed by atoms with van der Waals surface area (Å²) in [7, 11) is 3.22. The largest absolute Gasteiger partial charge is 0.496 e. The Hall–Kier alpha value is -2.84. The van der Waals surface area contributed by atoms with Gasteiger partial charge in [-0.2, -0.15) is 0 Å². The summed E-state index contributed by atoms with van der Waals surface area (Å²) >= 11 is 1.55. The minimum atomic E-state index is -0.0554. The van der Waals surface area contributed by atoms with Crippen molar-refractivity contribution in [2.24, 2.45) is 16.5 Å². The summed E-state index contributed by atoms with van der Waals surface area (Å²) in [4.78, 5) is 20.6. The Kier molecular flexibility index (Phi) is 7.12. The Balaban J connectivity index is 1.93. The highest BCUT2D eigenvalue weighted by Gasteiger charge is 2.23. The fourth-order valence-electron chi connectivity index (χ4n) is 3.49. The van der Waals surface area contributed by atoms with Gasteiger partial charge >= 0.3 is 0 Å². The summed E-state index contributed by atoms with van der Waals surface area (Å²) in [6.07, 6.45) is 3.06. The molecule has 0 saturated carbocycles. The van der Waals surface area contributed by atoms with Gasteiger partial charge in [0.2, 0.25) is 0 Å². The average Bonchev–Trinajstić information content (AvgIpc) is 3.11. The van der Waals surface area contributed by atoms with E-state index in [0.29, 0.717) is 49.0 Å². The van der Waals surface area contributed by atoms with Gasteiger partial charge in [0.05, 0.1) is 24.8 Å². The van der Waals surface area contributed by atoms with Crippen molar-refractivity contribution in [2.75, 3.05) is 20.8 Å². The summed E-state index contributed by atoms with van der Waals surface area (Å²) in [5.74, 6) is 1.75. The summed E-state index contributed by atoms with van der Waals surface area (Å²) in [5, 5.41) is 1.95. The SMILES string of the molecule is CCCN(Cc1cc(OC)c(CN)cc1OC)C(=O)C1=Cc2sccc2N=C(N)C1. The van der Waals surface area contributed by atoms with Crippen LogP contribution in [0.1, 0.15) is 35.8 Å². The van der Waals surface area contributed by atoms with E-state index in [-0.39, 0.29) is 5.91 Å². The number of thiophene rings is 1. The molecule has 0 aliphatic carbocycles. The topological polar surface area (TPSA) is 103 Å². The lowest BCUT2D eigenvalue weighted by Crippen LogP contribution is -2.33. The van der Waals surface area contributed by atoms with E-state index >= 15 is 0 Å². The zero-order valence-corrected chi connectivity index (χ0v) is 18.4. The molecule has 1 aromatic heterocycles. The number of nitrogens with zero attached hydrogens (tertiary/aromatic N) is 2. The first kappa shape index (κ1) is 21.9. The predicted molar refractivity (Wildman–Crippen MR) is 121 cm³/mol. The van der Waals surface area contributed by atoms with E-state index in [4.69, 9.17) is 20.9 Å². The molecule has 2 heterocycles. The molecule has 2 aromatic rings. The van der Waals surface area contributed by atoms with Crippen molar-refractivity contribution in [3.8, 4) is 11.5 Å². The van der Waals surface area contributed by atoms with E-state index < -0.39 is 0 Å². The van der Waals surface area contributed by atoms with Gasteiger partial charge in [-0.15, -0.1) is 11.3 Å². The molecule has 3 rings (SSSR count). The summed E-state index contributed by atoms with van der Waals surface area (Å²) in [6.45, 7) is 3.38. The number of carbonyl (C=O) groups excluding carboxylic acids is 1. The van der Waals surface area contributed by atoms with Crippen LogP contribution in [0.2, 0.25) is 0 Å². The fraction of sp³-hybridized carbons (Fsp3) is 0.364. The van der Waals surface area contributed by atoms with E-state index in [1.807, 2.05) is 41.5 Å². The van der Waals surface area contributed by atoms with Crippen molar-refractivity contribution in [1.29, 1.82) is 0 Å². The van der Waals surface area contributed by atoms with Crippen LogP contribution in [0.15, 0.2) is 34.1 Å². The molecule has 0 radical (unpaired) electrons. The number of aliphatic imine (C=N–C) groups is 1. The first-order chi connectivity index (χ1) is 14.5. The van der Waals surface area contributed by atoms with Gasteiger partial charge in [-0.3, -0.25) is 4.79 Å². The molecule has 4 N–H and O–H groups in total. The molecule has 0 unspecified atom stereocenters. The van der Waals surface area contributed by atoms with Crippen LogP contribution in [0.5, 0.6) is 11.5 Å². The van der Waals surface area contributed by atoms with Crippen molar-refractivity contribution in [1.82, 2.24) is 4.90 Å². The Morgan fingerprint density at radius 3 is 2.60 bits per heavy atom. The average molecular weight is 429 g/mol. The summed E-state index contributed by atoms with van der Waals surface area (Å²) in [5.41, 5.74) is 15.1. The number of benzene rings is 1. The number of hydrogen-bond acceptors (Lipinski definition) is 7. The van der Waals surface area contributed by atoms with E-state index in [1.165, 1.54) is 0 Å². The quantitative estimate of drug-likeness (QED) is 0.670. The standard InChI is InChI=1S/C22H28N4O3S/c1-4-6-26(13-16-9-18(28-2)15(12-23)8-19(16)29-3)22(27)14-10-20-17(5-7-30-20)25-21(24)11-14/h5,7-10H,4,6,11-13,23H2,1-3H3,(H2,24,25). The van der Waals surface area contributed by atoms with Crippen molar-refractivity contribution in [2.45, 2.75) is 32.9 Å². The van der Waals surface area contributed by atoms with Crippen LogP contribution in [0.25, 0.3) is 6.08 Å². The Bertz CT molecular complexity index is 981. The molecule has 7 nitrogen and oxygen atoms in total. The molecule has 0 atom stereocenters. The molecule has 1 aliphatic rings. The van der Waals surface area contributed by atoms with Gasteiger partial charge in [0, 0.05) is 42.8 Å². The first-order valence-corrected chi connectivity index (χ1v) is 10.7. The maximum atomic E-state index is 13.5. The molecule has 8 heteroatoms. The van der Waals surface area contributed by atoms with Crippen molar-refractivity contribution >= 4 is 34.8 Å². The summed E-state index contributed by atoms with van der Waals surface area (Å²) in [6, 6.07) is 5.68. The van der Waals surface area contributed by atoms with E-state index in [0.717, 1.165) is 28.1 Å². The molecule has 30 heavy (non-hydrogen) atoms. The normalized spacial score (nSPS) is 13.1. The lowest BCUT2D eigenvalue weighted by atomic mass is 10.1. The maximum Gasteiger partial charge on any atom is 0.250 e. The fourth-order valence-corrected chi connectivity index (χ4v) is 4.28. The molecular formula is C22H28N4O3S. The van der Waals surface area contributed by atoms with Gasteiger partial charge in [-0.1, -0.05) is 6.92 Å². The van der Waals surface area contributed by atoms with Crippen LogP contribution >= 0.6 is 11.3 Å². The lowest BCUT2D eigenvalue weighted by Gasteiger charge is -2.25. The number of methoxy groups -OCH3 is 2. The third-order valence-corrected chi connectivity index (χ3v) is 5.79. The van der Waals surface area contributed by atoms with Gasteiger partial charge in [-0.05, 0) is 36.1 Å². The van der Waals surface area contributed by atoms with Crippen LogP contribution in [0, 0.1) is 0 Å². The Morgan fingerprint density at radius 2 is 1.93 bits per heavy atom. The van der Waals surface area contributed by atoms with E-state index in [2.05, 4.69) is 4.99 Å². The van der Waals surface area contributed by atoms with E-state index in [1.54, 1.807) is 25.6 Å². The van der Waals surface area contributed by atoms with Gasteiger partial charge in [0.1, 0.15) is 17.3 Å². The second-order valence-corrected chi connectivity index (χ2v) is 7.97. The number of ether oxygens (including phenoxy) is 2. The molecule has 0 saturated heterocycles. The molecule has 1 aliphatic heterocycles. The van der Waals surface area contributed by atoms with Crippen molar-refractivity contribution in [3.63, 3.8) is 0 Å². The molecule has 160 valence electrons. The Labute approximate surface area is 181 Å². The highest BCUT2D eigenvalue weighted by molar-refractivity contribution is 7.11. The van der Waals surface area contributed by atoms with Crippen LogP contribution in [-0.4, -0.2) is 37.4 Å². The van der Waals surface area contributed by atoms with Gasteiger partial charge in [0.25, 0.3) is 5.91 Å². The third-order valence-electron chi connectivity index (χ3n) is 4.93. The second kappa shape index (κ2) is 9.77. The van der Waals surface area contributed by atoms with Crippen LogP contribution in [0.3, 0.4) is 0 Å². The first-order valence-electron chi connectivity index (χ1n) is 9.84. The predicted octanol–water partition coefficient (Wildman–Crippen LogP) is 3.44. The second-order valence-electron chi connectivity index (χ2n) is 7.03. The number of fused-ring (bicyclic) bond motifs is 1. The van der Waals surface area contributed by atoms with Crippen molar-refractivity contribution < 1.29 is 14.3 Å². The van der Waals surface area contributed by atoms with Gasteiger partial charge in [0.15, 0.2) is 0 Å². The molecule has 1 amide bonds. The highest BCUT2D eigenvalue weighted by atomic mass is 32.1. The number of carbonyl (C=O) groups is 1. The molecule has 0 bridgehead atoms. The number of nitrogens with two attached hydrogens (primary N) is 2. The zero-order valence-electron chi connectivity index (χ0n) is 17.6. The van der Waals surface area contributed by atoms with Crippen molar-refractivity contribution in [3.05, 3.63) is 45.2 Å². The molecule has 0 fully saturated rings. The number of hydrogen-bond donors (Lipinski definition) is 2. The number of amides is 1. The Morgan fingerprint density at radius 1 is 1.23 bits per heavy atom. The number of rotatable bonds is 8. The summed E-state index contributed by atoms with van der Waals surface area (Å²) < 4.78 is 11.0. The monoisotopic (exact) mass is 428 g/mol. The minimum absolute atomic E-state index is 0.0554. The zero-order chi connectivity index (χ0) is 21.7. The van der Waals surface area contributed by atoms with Crippen LogP contribution < -0.4 is 20.9 Å². The third kappa shape index (κ3) is 4.66.